The van der Waals surface area contributed by atoms with E-state index >= 15 is 0 Å². The van der Waals surface area contributed by atoms with Crippen molar-refractivity contribution in [1.82, 2.24) is 15.0 Å². The van der Waals surface area contributed by atoms with Crippen LogP contribution in [0.25, 0.3) is 0 Å². The Hall–Kier alpha value is -1.02. The van der Waals surface area contributed by atoms with Crippen LogP contribution in [0.1, 0.15) is 18.4 Å². The van der Waals surface area contributed by atoms with Gasteiger partial charge < -0.3 is 10.1 Å². The molecule has 19 heavy (non-hydrogen) atoms. The Kier molecular flexibility index (Phi) is 4.51. The molecule has 1 aliphatic carbocycles. The van der Waals surface area contributed by atoms with E-state index in [-0.39, 0.29) is 17.2 Å². The van der Waals surface area contributed by atoms with Gasteiger partial charge in [0.1, 0.15) is 0 Å². The molecule has 1 fully saturated rings. The van der Waals surface area contributed by atoms with E-state index < -0.39 is 10.0 Å². The smallest absolute Gasteiger partial charge is 0.258 e. The molecule has 6 nitrogen and oxygen atoms in total. The number of nitrogens with zero attached hydrogens (tertiary/aromatic N) is 1. The predicted molar refractivity (Wildman–Crippen MR) is 71.1 cm³/mol. The van der Waals surface area contributed by atoms with Gasteiger partial charge in [0.2, 0.25) is 0 Å². The van der Waals surface area contributed by atoms with Crippen LogP contribution in [0.2, 0.25) is 0 Å². The van der Waals surface area contributed by atoms with E-state index in [1.54, 1.807) is 19.4 Å². The maximum Gasteiger partial charge on any atom is 0.258 e. The first-order valence-electron chi connectivity index (χ1n) is 6.20. The number of hydrogen-bond acceptors (Lipinski definition) is 5. The molecule has 0 aliphatic heterocycles. The maximum atomic E-state index is 12.1. The van der Waals surface area contributed by atoms with Crippen molar-refractivity contribution in [2.75, 3.05) is 14.2 Å². The molecule has 1 aliphatic rings. The standard InChI is InChI=1S/C12H19N3O3S/c1-13-7-9-3-4-12(14-8-9)19(16,17)15-10-5-11(6-10)18-2/h3-4,8,10-11,13,15H,5-7H2,1-2H3. The number of hydrogen-bond donors (Lipinski definition) is 2. The highest BCUT2D eigenvalue weighted by Crippen LogP contribution is 2.24. The first-order chi connectivity index (χ1) is 9.05. The molecule has 0 radical (unpaired) electrons. The van der Waals surface area contributed by atoms with E-state index in [2.05, 4.69) is 15.0 Å². The summed E-state index contributed by atoms with van der Waals surface area (Å²) in [5.41, 5.74) is 0.949. The Morgan fingerprint density at radius 1 is 1.42 bits per heavy atom. The van der Waals surface area contributed by atoms with Crippen LogP contribution in [0.5, 0.6) is 0 Å². The predicted octanol–water partition coefficient (Wildman–Crippen LogP) is 0.257. The third-order valence-electron chi connectivity index (χ3n) is 3.20. The Bertz CT molecular complexity index is 510. The summed E-state index contributed by atoms with van der Waals surface area (Å²) in [6, 6.07) is 3.24. The number of sulfonamides is 1. The zero-order valence-corrected chi connectivity index (χ0v) is 11.9. The summed E-state index contributed by atoms with van der Waals surface area (Å²) in [7, 11) is -0.0561. The molecule has 0 unspecified atom stereocenters. The monoisotopic (exact) mass is 285 g/mol. The average Bonchev–Trinajstić information content (AvgIpc) is 2.34. The van der Waals surface area contributed by atoms with Crippen LogP contribution in [-0.2, 0) is 21.3 Å². The molecule has 0 aromatic carbocycles. The second-order valence-electron chi connectivity index (χ2n) is 4.68. The molecule has 2 N–H and O–H groups in total. The Labute approximate surface area is 113 Å². The molecule has 1 aromatic rings. The number of pyridine rings is 1. The summed E-state index contributed by atoms with van der Waals surface area (Å²) >= 11 is 0. The number of nitrogens with one attached hydrogen (secondary N) is 2. The van der Waals surface area contributed by atoms with Gasteiger partial charge in [-0.1, -0.05) is 6.07 Å². The summed E-state index contributed by atoms with van der Waals surface area (Å²) < 4.78 is 31.9. The minimum atomic E-state index is -3.52. The Morgan fingerprint density at radius 3 is 2.68 bits per heavy atom. The second kappa shape index (κ2) is 5.96. The van der Waals surface area contributed by atoms with E-state index in [1.807, 2.05) is 7.05 Å². The fourth-order valence-corrected chi connectivity index (χ4v) is 3.20. The number of aromatic nitrogens is 1. The van der Waals surface area contributed by atoms with Crippen molar-refractivity contribution >= 4 is 10.0 Å². The van der Waals surface area contributed by atoms with Crippen molar-refractivity contribution in [2.45, 2.75) is 36.6 Å². The summed E-state index contributed by atoms with van der Waals surface area (Å²) in [5, 5.41) is 3.05. The lowest BCUT2D eigenvalue weighted by Gasteiger charge is -2.34. The van der Waals surface area contributed by atoms with Crippen LogP contribution < -0.4 is 10.0 Å². The quantitative estimate of drug-likeness (QED) is 0.783. The van der Waals surface area contributed by atoms with Crippen LogP contribution >= 0.6 is 0 Å². The van der Waals surface area contributed by atoms with Crippen LogP contribution in [0, 0.1) is 0 Å². The largest absolute Gasteiger partial charge is 0.381 e. The molecule has 1 aromatic heterocycles. The topological polar surface area (TPSA) is 80.3 Å². The van der Waals surface area contributed by atoms with Crippen molar-refractivity contribution < 1.29 is 13.2 Å². The molecule has 0 amide bonds. The van der Waals surface area contributed by atoms with Crippen molar-refractivity contribution in [2.24, 2.45) is 0 Å². The Morgan fingerprint density at radius 2 is 2.16 bits per heavy atom. The number of ether oxygens (including phenoxy) is 1. The number of methoxy groups -OCH3 is 1. The molecule has 2 rings (SSSR count). The molecule has 0 atom stereocenters. The SMILES string of the molecule is CNCc1ccc(S(=O)(=O)NC2CC(OC)C2)nc1. The van der Waals surface area contributed by atoms with Gasteiger partial charge in [0.15, 0.2) is 5.03 Å². The lowest BCUT2D eigenvalue weighted by atomic mass is 9.90. The third-order valence-corrected chi connectivity index (χ3v) is 4.64. The van der Waals surface area contributed by atoms with Crippen molar-refractivity contribution in [3.8, 4) is 0 Å². The van der Waals surface area contributed by atoms with Gasteiger partial charge in [-0.3, -0.25) is 0 Å². The van der Waals surface area contributed by atoms with E-state index in [1.165, 1.54) is 6.07 Å². The normalized spacial score (nSPS) is 23.1. The third kappa shape index (κ3) is 3.50. The lowest BCUT2D eigenvalue weighted by molar-refractivity contribution is 0.0236. The van der Waals surface area contributed by atoms with Gasteiger partial charge in [-0.05, 0) is 31.5 Å². The minimum Gasteiger partial charge on any atom is -0.381 e. The van der Waals surface area contributed by atoms with Gasteiger partial charge in [-0.15, -0.1) is 0 Å². The first-order valence-corrected chi connectivity index (χ1v) is 7.68. The first kappa shape index (κ1) is 14.4. The van der Waals surface area contributed by atoms with Gasteiger partial charge >= 0.3 is 0 Å². The molecule has 106 valence electrons. The van der Waals surface area contributed by atoms with Crippen molar-refractivity contribution in [3.63, 3.8) is 0 Å². The van der Waals surface area contributed by atoms with E-state index in [9.17, 15) is 8.42 Å². The molecule has 1 heterocycles. The molecular formula is C12H19N3O3S. The molecule has 7 heteroatoms. The highest BCUT2D eigenvalue weighted by atomic mass is 32.2. The summed E-state index contributed by atoms with van der Waals surface area (Å²) in [5.74, 6) is 0. The summed E-state index contributed by atoms with van der Waals surface area (Å²) in [6.45, 7) is 0.666. The van der Waals surface area contributed by atoms with Crippen LogP contribution in [0.15, 0.2) is 23.4 Å². The zero-order chi connectivity index (χ0) is 13.9. The van der Waals surface area contributed by atoms with E-state index in [0.717, 1.165) is 5.56 Å². The number of rotatable bonds is 6. The zero-order valence-electron chi connectivity index (χ0n) is 11.1. The van der Waals surface area contributed by atoms with Gasteiger partial charge in [-0.25, -0.2) is 18.1 Å². The van der Waals surface area contributed by atoms with Crippen molar-refractivity contribution in [1.29, 1.82) is 0 Å². The van der Waals surface area contributed by atoms with E-state index in [0.29, 0.717) is 19.4 Å². The summed E-state index contributed by atoms with van der Waals surface area (Å²) in [4.78, 5) is 4.00. The van der Waals surface area contributed by atoms with Crippen LogP contribution in [0.3, 0.4) is 0 Å². The fraction of sp³-hybridized carbons (Fsp3) is 0.583. The summed E-state index contributed by atoms with van der Waals surface area (Å²) in [6.07, 6.45) is 3.17. The van der Waals surface area contributed by atoms with E-state index in [4.69, 9.17) is 4.74 Å². The van der Waals surface area contributed by atoms with Crippen molar-refractivity contribution in [3.05, 3.63) is 23.9 Å². The Balaban J connectivity index is 1.99. The molecule has 1 saturated carbocycles. The molecule has 0 saturated heterocycles. The maximum absolute atomic E-state index is 12.1. The fourth-order valence-electron chi connectivity index (χ4n) is 2.01. The van der Waals surface area contributed by atoms with Gasteiger partial charge in [0.05, 0.1) is 6.10 Å². The lowest BCUT2D eigenvalue weighted by Crippen LogP contribution is -2.47. The second-order valence-corrected chi connectivity index (χ2v) is 6.34. The minimum absolute atomic E-state index is 0.0475. The highest BCUT2D eigenvalue weighted by molar-refractivity contribution is 7.89. The van der Waals surface area contributed by atoms with Gasteiger partial charge in [0, 0.05) is 25.9 Å². The van der Waals surface area contributed by atoms with Gasteiger partial charge in [-0.2, -0.15) is 0 Å². The molecular weight excluding hydrogens is 266 g/mol. The van der Waals surface area contributed by atoms with Gasteiger partial charge in [0.25, 0.3) is 10.0 Å². The van der Waals surface area contributed by atoms with Crippen LogP contribution in [0.4, 0.5) is 0 Å². The molecule has 0 bridgehead atoms. The molecule has 0 spiro atoms. The average molecular weight is 285 g/mol. The highest BCUT2D eigenvalue weighted by Gasteiger charge is 2.33. The van der Waals surface area contributed by atoms with Crippen LogP contribution in [-0.4, -0.2) is 39.7 Å².